The van der Waals surface area contributed by atoms with Crippen LogP contribution in [0.25, 0.3) is 0 Å². The smallest absolute Gasteiger partial charge is 0.413 e. The van der Waals surface area contributed by atoms with E-state index in [4.69, 9.17) is 23.7 Å². The molecule has 3 rings (SSSR count). The molecule has 0 aliphatic carbocycles. The molecule has 11 nitrogen and oxygen atoms in total. The largest absolute Gasteiger partial charge is 0.429 e. The molecule has 2 saturated heterocycles. The summed E-state index contributed by atoms with van der Waals surface area (Å²) < 4.78 is 28.0. The van der Waals surface area contributed by atoms with Crippen molar-refractivity contribution in [1.82, 2.24) is 14.5 Å². The zero-order chi connectivity index (χ0) is 29.2. The van der Waals surface area contributed by atoms with E-state index in [-0.39, 0.29) is 22.5 Å². The number of ether oxygens (including phenoxy) is 2. The first-order valence-electron chi connectivity index (χ1n) is 12.9. The van der Waals surface area contributed by atoms with Crippen molar-refractivity contribution in [2.45, 2.75) is 109 Å². The summed E-state index contributed by atoms with van der Waals surface area (Å²) >= 11 is 0. The molecular formula is C25H44N4O7Si2. The van der Waals surface area contributed by atoms with E-state index in [0.29, 0.717) is 5.56 Å². The zero-order valence-electron chi connectivity index (χ0n) is 24.8. The highest BCUT2D eigenvalue weighted by Crippen LogP contribution is 2.49. The maximum absolute atomic E-state index is 13.3. The molecule has 1 spiro atoms. The number of carbonyl (C=O) groups is 1. The highest BCUT2D eigenvalue weighted by atomic mass is 28.4. The summed E-state index contributed by atoms with van der Waals surface area (Å²) in [5, 5.41) is 11.0. The number of aromatic nitrogens is 2. The third-order valence-electron chi connectivity index (χ3n) is 8.73. The number of rotatable bonds is 6. The van der Waals surface area contributed by atoms with Crippen molar-refractivity contribution < 1.29 is 23.1 Å². The Kier molecular flexibility index (Phi) is 7.65. The van der Waals surface area contributed by atoms with Gasteiger partial charge in [0.2, 0.25) is 5.60 Å². The SMILES string of the molecule is Cc1cn([C@@H]2O[C@H](CO[Si](C)(C)C(C)(C)C)[C@@]3(OC(=O)NC3=N)[C@H]2O[Si](C)(C)C(C)(C)C)c(=O)n(C)c1=O. The van der Waals surface area contributed by atoms with Gasteiger partial charge in [0.1, 0.15) is 12.2 Å². The van der Waals surface area contributed by atoms with Crippen LogP contribution in [-0.4, -0.2) is 62.1 Å². The lowest BCUT2D eigenvalue weighted by atomic mass is 9.91. The summed E-state index contributed by atoms with van der Waals surface area (Å²) in [6.45, 7) is 22.5. The van der Waals surface area contributed by atoms with Gasteiger partial charge in [0.25, 0.3) is 5.56 Å². The maximum atomic E-state index is 13.3. The topological polar surface area (TPSA) is 134 Å². The van der Waals surface area contributed by atoms with E-state index in [0.717, 1.165) is 4.57 Å². The second-order valence-electron chi connectivity index (χ2n) is 13.4. The average Bonchev–Trinajstić information content (AvgIpc) is 3.22. The number of amidine groups is 1. The Hall–Kier alpha value is -2.07. The van der Waals surface area contributed by atoms with Gasteiger partial charge in [0, 0.05) is 18.8 Å². The van der Waals surface area contributed by atoms with Gasteiger partial charge in [0.05, 0.1) is 6.61 Å². The third kappa shape index (κ3) is 4.98. The Morgan fingerprint density at radius 1 is 1.05 bits per heavy atom. The van der Waals surface area contributed by atoms with Gasteiger partial charge in [-0.05, 0) is 43.2 Å². The second-order valence-corrected chi connectivity index (χ2v) is 23.0. The molecule has 0 bridgehead atoms. The molecular weight excluding hydrogens is 524 g/mol. The molecule has 0 saturated carbocycles. The van der Waals surface area contributed by atoms with Gasteiger partial charge in [0.15, 0.2) is 28.7 Å². The van der Waals surface area contributed by atoms with Gasteiger partial charge in [-0.1, -0.05) is 41.5 Å². The third-order valence-corrected chi connectivity index (χ3v) is 17.7. The molecule has 3 heterocycles. The van der Waals surface area contributed by atoms with Gasteiger partial charge in [-0.25, -0.2) is 9.59 Å². The zero-order valence-corrected chi connectivity index (χ0v) is 26.8. The predicted molar refractivity (Wildman–Crippen MR) is 150 cm³/mol. The Bertz CT molecular complexity index is 1240. The fraction of sp³-hybridized carbons (Fsp3) is 0.760. The molecule has 2 aliphatic heterocycles. The molecule has 4 atom stereocenters. The molecule has 2 fully saturated rings. The van der Waals surface area contributed by atoms with E-state index in [2.05, 4.69) is 60.0 Å². The standard InChI is InChI=1S/C25H44N4O7Si2/c1-15-13-29(22(32)28(8)18(15)30)19-17(36-38(11,12)24(5,6)7)25(20(26)27-21(31)35-25)16(34-19)14-33-37(9,10)23(2,3)4/h13,16-17,19H,14H2,1-12H3,(H2,26,27,31)/t16-,17+,19-,25-/m1/s1. The Labute approximate surface area is 226 Å². The van der Waals surface area contributed by atoms with E-state index >= 15 is 0 Å². The lowest BCUT2D eigenvalue weighted by Crippen LogP contribution is -2.60. The minimum Gasteiger partial charge on any atom is -0.429 e. The number of amides is 1. The lowest BCUT2D eigenvalue weighted by molar-refractivity contribution is -0.0566. The van der Waals surface area contributed by atoms with Crippen molar-refractivity contribution in [3.63, 3.8) is 0 Å². The quantitative estimate of drug-likeness (QED) is 0.501. The van der Waals surface area contributed by atoms with Crippen LogP contribution in [0.3, 0.4) is 0 Å². The molecule has 13 heteroatoms. The van der Waals surface area contributed by atoms with E-state index < -0.39 is 58.0 Å². The highest BCUT2D eigenvalue weighted by Gasteiger charge is 2.68. The molecule has 1 amide bonds. The van der Waals surface area contributed by atoms with E-state index in [1.54, 1.807) is 6.92 Å². The van der Waals surface area contributed by atoms with Crippen molar-refractivity contribution in [3.05, 3.63) is 32.6 Å². The van der Waals surface area contributed by atoms with Crippen molar-refractivity contribution in [3.8, 4) is 0 Å². The fourth-order valence-electron chi connectivity index (χ4n) is 4.13. The molecule has 0 radical (unpaired) electrons. The van der Waals surface area contributed by atoms with Crippen LogP contribution in [0.2, 0.25) is 36.3 Å². The predicted octanol–water partition coefficient (Wildman–Crippen LogP) is 3.62. The summed E-state index contributed by atoms with van der Waals surface area (Å²) in [4.78, 5) is 38.4. The molecule has 2 aliphatic rings. The van der Waals surface area contributed by atoms with Crippen LogP contribution in [0, 0.1) is 12.3 Å². The van der Waals surface area contributed by atoms with E-state index in [9.17, 15) is 14.4 Å². The molecule has 214 valence electrons. The summed E-state index contributed by atoms with van der Waals surface area (Å²) in [7, 11) is -3.45. The maximum Gasteiger partial charge on any atom is 0.413 e. The minimum absolute atomic E-state index is 0.0290. The number of nitrogens with zero attached hydrogens (tertiary/aromatic N) is 2. The number of hydrogen-bond acceptors (Lipinski definition) is 8. The lowest BCUT2D eigenvalue weighted by Gasteiger charge is -2.43. The highest BCUT2D eigenvalue weighted by molar-refractivity contribution is 6.74. The van der Waals surface area contributed by atoms with Gasteiger partial charge in [-0.15, -0.1) is 0 Å². The molecule has 1 aromatic heterocycles. The molecule has 2 N–H and O–H groups in total. The van der Waals surface area contributed by atoms with E-state index in [1.165, 1.54) is 17.8 Å². The summed E-state index contributed by atoms with van der Waals surface area (Å²) in [5.41, 5.74) is -2.34. The van der Waals surface area contributed by atoms with Crippen LogP contribution in [0.5, 0.6) is 0 Å². The first-order valence-corrected chi connectivity index (χ1v) is 18.7. The van der Waals surface area contributed by atoms with Crippen molar-refractivity contribution >= 4 is 28.6 Å². The van der Waals surface area contributed by atoms with Crippen LogP contribution < -0.4 is 16.6 Å². The van der Waals surface area contributed by atoms with Gasteiger partial charge < -0.3 is 18.3 Å². The summed E-state index contributed by atoms with van der Waals surface area (Å²) in [6, 6.07) is 0. The number of nitrogens with one attached hydrogen (secondary N) is 2. The van der Waals surface area contributed by atoms with Crippen LogP contribution in [0.15, 0.2) is 15.8 Å². The molecule has 38 heavy (non-hydrogen) atoms. The number of aryl methyl sites for hydroxylation is 1. The van der Waals surface area contributed by atoms with Gasteiger partial charge in [-0.3, -0.25) is 24.7 Å². The minimum atomic E-state index is -2.58. The van der Waals surface area contributed by atoms with Crippen molar-refractivity contribution in [2.75, 3.05) is 6.61 Å². The first-order chi connectivity index (χ1) is 17.1. The summed E-state index contributed by atoms with van der Waals surface area (Å²) in [6.07, 6.45) is -2.41. The van der Waals surface area contributed by atoms with Crippen molar-refractivity contribution in [1.29, 1.82) is 5.41 Å². The second kappa shape index (κ2) is 9.54. The monoisotopic (exact) mass is 568 g/mol. The van der Waals surface area contributed by atoms with Gasteiger partial charge in [-0.2, -0.15) is 0 Å². The Morgan fingerprint density at radius 3 is 2.08 bits per heavy atom. The Balaban J connectivity index is 2.23. The first kappa shape index (κ1) is 30.5. The molecule has 0 aromatic carbocycles. The fourth-order valence-corrected chi connectivity index (χ4v) is 6.41. The van der Waals surface area contributed by atoms with E-state index in [1.807, 2.05) is 13.1 Å². The summed E-state index contributed by atoms with van der Waals surface area (Å²) in [5.74, 6) is -0.202. The normalized spacial score (nSPS) is 26.7. The Morgan fingerprint density at radius 2 is 1.61 bits per heavy atom. The van der Waals surface area contributed by atoms with Gasteiger partial charge >= 0.3 is 11.8 Å². The number of alkyl carbamates (subject to hydrolysis) is 1. The number of carbonyl (C=O) groups excluding carboxylic acids is 1. The molecule has 1 aromatic rings. The van der Waals surface area contributed by atoms with Crippen molar-refractivity contribution in [2.24, 2.45) is 7.05 Å². The molecule has 0 unspecified atom stereocenters. The number of hydrogen-bond donors (Lipinski definition) is 2. The van der Waals surface area contributed by atoms with Crippen LogP contribution >= 0.6 is 0 Å². The average molecular weight is 569 g/mol. The van der Waals surface area contributed by atoms with Crippen LogP contribution in [-0.2, 0) is 25.4 Å². The van der Waals surface area contributed by atoms with Crippen LogP contribution in [0.4, 0.5) is 4.79 Å². The van der Waals surface area contributed by atoms with Crippen LogP contribution in [0.1, 0.15) is 53.3 Å².